The molecular weight excluding hydrogens is 344 g/mol. The summed E-state index contributed by atoms with van der Waals surface area (Å²) in [5.74, 6) is -0.745. The van der Waals surface area contributed by atoms with Crippen molar-refractivity contribution in [2.45, 2.75) is 13.8 Å². The van der Waals surface area contributed by atoms with E-state index in [1.54, 1.807) is 30.3 Å². The number of nitriles is 1. The van der Waals surface area contributed by atoms with E-state index in [9.17, 15) is 14.9 Å². The van der Waals surface area contributed by atoms with Gasteiger partial charge in [-0.05, 0) is 60.9 Å². The van der Waals surface area contributed by atoms with Crippen LogP contribution in [0.5, 0.6) is 5.75 Å². The van der Waals surface area contributed by atoms with Gasteiger partial charge in [0, 0.05) is 5.69 Å². The first-order chi connectivity index (χ1) is 12.9. The Hall–Kier alpha value is -3.59. The zero-order valence-corrected chi connectivity index (χ0v) is 15.4. The van der Waals surface area contributed by atoms with Crippen molar-refractivity contribution < 1.29 is 19.1 Å². The summed E-state index contributed by atoms with van der Waals surface area (Å²) in [6.45, 7) is 3.36. The molecule has 6 nitrogen and oxygen atoms in total. The summed E-state index contributed by atoms with van der Waals surface area (Å²) in [4.78, 5) is 24.1. The molecule has 1 amide bonds. The van der Waals surface area contributed by atoms with Crippen molar-refractivity contribution >= 4 is 23.6 Å². The maximum absolute atomic E-state index is 12.1. The summed E-state index contributed by atoms with van der Waals surface area (Å²) in [7, 11) is 1.52. The molecule has 2 aromatic rings. The summed E-state index contributed by atoms with van der Waals surface area (Å²) in [6, 6.07) is 14.3. The van der Waals surface area contributed by atoms with Crippen LogP contribution < -0.4 is 10.1 Å². The van der Waals surface area contributed by atoms with E-state index in [0.29, 0.717) is 17.0 Å². The number of carbonyl (C=O) groups excluding carboxylic acids is 2. The molecule has 2 aromatic carbocycles. The van der Waals surface area contributed by atoms with Gasteiger partial charge >= 0.3 is 5.97 Å². The Kier molecular flexibility index (Phi) is 6.73. The molecular formula is C21H20N2O4. The molecule has 0 unspecified atom stereocenters. The number of nitrogens with one attached hydrogen (secondary N) is 1. The lowest BCUT2D eigenvalue weighted by Crippen LogP contribution is -2.21. The molecule has 6 heteroatoms. The number of ether oxygens (including phenoxy) is 2. The number of anilines is 1. The second-order valence-electron chi connectivity index (χ2n) is 5.95. The van der Waals surface area contributed by atoms with Crippen LogP contribution in [-0.4, -0.2) is 25.6 Å². The third kappa shape index (κ3) is 6.01. The number of hydrogen-bond acceptors (Lipinski definition) is 5. The molecule has 0 fully saturated rings. The van der Waals surface area contributed by atoms with Crippen LogP contribution in [0.15, 0.2) is 48.0 Å². The first-order valence-corrected chi connectivity index (χ1v) is 8.22. The van der Waals surface area contributed by atoms with E-state index in [4.69, 9.17) is 9.47 Å². The number of nitrogens with zero attached hydrogens (tertiary/aromatic N) is 1. The molecule has 0 saturated heterocycles. The van der Waals surface area contributed by atoms with E-state index in [-0.39, 0.29) is 5.57 Å². The highest BCUT2D eigenvalue weighted by Gasteiger charge is 2.13. The van der Waals surface area contributed by atoms with Gasteiger partial charge in [-0.3, -0.25) is 4.79 Å². The zero-order valence-electron chi connectivity index (χ0n) is 15.4. The van der Waals surface area contributed by atoms with Crippen LogP contribution in [0.1, 0.15) is 16.7 Å². The Balaban J connectivity index is 1.99. The third-order valence-corrected chi connectivity index (χ3v) is 3.58. The number of aryl methyl sites for hydroxylation is 2. The highest BCUT2D eigenvalue weighted by Crippen LogP contribution is 2.16. The van der Waals surface area contributed by atoms with Crippen molar-refractivity contribution in [3.05, 3.63) is 64.7 Å². The topological polar surface area (TPSA) is 88.4 Å². The largest absolute Gasteiger partial charge is 0.497 e. The van der Waals surface area contributed by atoms with Gasteiger partial charge in [-0.2, -0.15) is 5.26 Å². The minimum absolute atomic E-state index is 0.206. The van der Waals surface area contributed by atoms with Crippen LogP contribution in [0.4, 0.5) is 5.69 Å². The smallest absolute Gasteiger partial charge is 0.349 e. The van der Waals surface area contributed by atoms with Gasteiger partial charge in [0.2, 0.25) is 0 Å². The van der Waals surface area contributed by atoms with Gasteiger partial charge in [0.25, 0.3) is 5.91 Å². The predicted molar refractivity (Wildman–Crippen MR) is 102 cm³/mol. The average Bonchev–Trinajstić information content (AvgIpc) is 2.63. The van der Waals surface area contributed by atoms with Crippen LogP contribution in [0, 0.1) is 25.2 Å². The van der Waals surface area contributed by atoms with Crippen LogP contribution >= 0.6 is 0 Å². The van der Waals surface area contributed by atoms with Gasteiger partial charge in [0.1, 0.15) is 17.4 Å². The van der Waals surface area contributed by atoms with Crippen molar-refractivity contribution in [3.8, 4) is 11.8 Å². The number of methoxy groups -OCH3 is 1. The first kappa shape index (κ1) is 19.7. The van der Waals surface area contributed by atoms with Crippen molar-refractivity contribution in [3.63, 3.8) is 0 Å². The lowest BCUT2D eigenvalue weighted by Gasteiger charge is -2.08. The Labute approximate surface area is 158 Å². The molecule has 0 aliphatic heterocycles. The number of hydrogen-bond donors (Lipinski definition) is 1. The standard InChI is InChI=1S/C21H20N2O4/c1-14-7-15(2)9-18(8-14)23-20(24)13-27-21(25)17(12-22)10-16-5-4-6-19(11-16)26-3/h4-11H,13H2,1-3H3,(H,23,24)/b17-10+. The molecule has 0 heterocycles. The highest BCUT2D eigenvalue weighted by molar-refractivity contribution is 6.00. The molecule has 138 valence electrons. The Morgan fingerprint density at radius 2 is 1.85 bits per heavy atom. The van der Waals surface area contributed by atoms with Crippen molar-refractivity contribution in [1.82, 2.24) is 0 Å². The molecule has 1 N–H and O–H groups in total. The highest BCUT2D eigenvalue weighted by atomic mass is 16.5. The lowest BCUT2D eigenvalue weighted by molar-refractivity contribution is -0.142. The third-order valence-electron chi connectivity index (χ3n) is 3.58. The molecule has 2 rings (SSSR count). The predicted octanol–water partition coefficient (Wildman–Crippen LogP) is 3.40. The monoisotopic (exact) mass is 364 g/mol. The summed E-state index contributed by atoms with van der Waals surface area (Å²) in [5.41, 5.74) is 3.05. The van der Waals surface area contributed by atoms with E-state index < -0.39 is 18.5 Å². The maximum atomic E-state index is 12.1. The summed E-state index contributed by atoms with van der Waals surface area (Å²) < 4.78 is 10.0. The normalized spacial score (nSPS) is 10.7. The fourth-order valence-corrected chi connectivity index (χ4v) is 2.49. The van der Waals surface area contributed by atoms with Crippen molar-refractivity contribution in [1.29, 1.82) is 5.26 Å². The zero-order chi connectivity index (χ0) is 19.8. The molecule has 0 bridgehead atoms. The molecule has 0 saturated carbocycles. The average molecular weight is 364 g/mol. The van der Waals surface area contributed by atoms with Gasteiger partial charge < -0.3 is 14.8 Å². The van der Waals surface area contributed by atoms with Crippen LogP contribution in [0.25, 0.3) is 6.08 Å². The number of amides is 1. The van der Waals surface area contributed by atoms with Crippen molar-refractivity contribution in [2.24, 2.45) is 0 Å². The number of carbonyl (C=O) groups is 2. The van der Waals surface area contributed by atoms with E-state index in [2.05, 4.69) is 5.32 Å². The van der Waals surface area contributed by atoms with Gasteiger partial charge in [0.05, 0.1) is 7.11 Å². The van der Waals surface area contributed by atoms with E-state index >= 15 is 0 Å². The Morgan fingerprint density at radius 1 is 1.15 bits per heavy atom. The molecule has 27 heavy (non-hydrogen) atoms. The Morgan fingerprint density at radius 3 is 2.48 bits per heavy atom. The molecule has 0 aromatic heterocycles. The van der Waals surface area contributed by atoms with Crippen molar-refractivity contribution in [2.75, 3.05) is 19.0 Å². The molecule has 0 radical (unpaired) electrons. The Bertz CT molecular complexity index is 906. The fraction of sp³-hybridized carbons (Fsp3) is 0.190. The lowest BCUT2D eigenvalue weighted by atomic mass is 10.1. The van der Waals surface area contributed by atoms with Crippen LogP contribution in [0.3, 0.4) is 0 Å². The van der Waals surface area contributed by atoms with Gasteiger partial charge in [-0.1, -0.05) is 18.2 Å². The fourth-order valence-electron chi connectivity index (χ4n) is 2.49. The minimum Gasteiger partial charge on any atom is -0.497 e. The summed E-state index contributed by atoms with van der Waals surface area (Å²) in [6.07, 6.45) is 1.38. The second kappa shape index (κ2) is 9.20. The molecule has 0 aliphatic carbocycles. The molecule has 0 atom stereocenters. The minimum atomic E-state index is -0.865. The second-order valence-corrected chi connectivity index (χ2v) is 5.95. The number of benzene rings is 2. The summed E-state index contributed by atoms with van der Waals surface area (Å²) in [5, 5.41) is 11.9. The van der Waals surface area contributed by atoms with Crippen LogP contribution in [0.2, 0.25) is 0 Å². The van der Waals surface area contributed by atoms with Gasteiger partial charge in [0.15, 0.2) is 6.61 Å². The summed E-state index contributed by atoms with van der Waals surface area (Å²) >= 11 is 0. The first-order valence-electron chi connectivity index (χ1n) is 8.22. The number of esters is 1. The quantitative estimate of drug-likeness (QED) is 0.482. The molecule has 0 aliphatic rings. The maximum Gasteiger partial charge on any atom is 0.349 e. The molecule has 0 spiro atoms. The number of rotatable bonds is 6. The SMILES string of the molecule is COc1cccc(/C=C(\C#N)C(=O)OCC(=O)Nc2cc(C)cc(C)c2)c1. The van der Waals surface area contributed by atoms with Gasteiger partial charge in [-0.25, -0.2) is 4.79 Å². The van der Waals surface area contributed by atoms with E-state index in [1.165, 1.54) is 13.2 Å². The van der Waals surface area contributed by atoms with E-state index in [1.807, 2.05) is 32.0 Å². The van der Waals surface area contributed by atoms with Gasteiger partial charge in [-0.15, -0.1) is 0 Å². The van der Waals surface area contributed by atoms with Crippen LogP contribution in [-0.2, 0) is 14.3 Å². The van der Waals surface area contributed by atoms with E-state index in [0.717, 1.165) is 11.1 Å².